The summed E-state index contributed by atoms with van der Waals surface area (Å²) < 4.78 is 0. The predicted octanol–water partition coefficient (Wildman–Crippen LogP) is 2.41. The molecule has 5 rings (SSSR count). The SMILES string of the molecule is CN1CCN(C(=O)c2ccc(Cc3cc(NC4CCN(c5ccc(C#N)cn5)CC4)c(C(N)=O)cn3)cc2[N+](=O)[O-])CC1. The number of nitriles is 1. The number of rotatable bonds is 8. The number of pyridine rings is 2. The van der Waals surface area contributed by atoms with Crippen LogP contribution in [0.15, 0.2) is 48.8 Å². The van der Waals surface area contributed by atoms with Crippen molar-refractivity contribution in [2.24, 2.45) is 5.73 Å². The first-order valence-electron chi connectivity index (χ1n) is 14.1. The minimum Gasteiger partial charge on any atom is -0.381 e. The van der Waals surface area contributed by atoms with Crippen molar-refractivity contribution in [3.05, 3.63) is 86.9 Å². The largest absolute Gasteiger partial charge is 0.381 e. The summed E-state index contributed by atoms with van der Waals surface area (Å²) in [6.07, 6.45) is 4.82. The van der Waals surface area contributed by atoms with Gasteiger partial charge in [-0.25, -0.2) is 4.98 Å². The number of aromatic nitrogens is 2. The third-order valence-corrected chi connectivity index (χ3v) is 7.95. The molecule has 43 heavy (non-hydrogen) atoms. The number of nitrogens with two attached hydrogens (primary N) is 1. The number of piperidine rings is 1. The van der Waals surface area contributed by atoms with Crippen molar-refractivity contribution in [3.8, 4) is 6.07 Å². The molecule has 2 amide bonds. The average Bonchev–Trinajstić information content (AvgIpc) is 3.01. The molecule has 1 aromatic carbocycles. The van der Waals surface area contributed by atoms with E-state index in [2.05, 4.69) is 31.2 Å². The molecule has 0 unspecified atom stereocenters. The van der Waals surface area contributed by atoms with E-state index in [4.69, 9.17) is 11.0 Å². The van der Waals surface area contributed by atoms with Crippen LogP contribution in [0.5, 0.6) is 0 Å². The molecule has 0 spiro atoms. The molecule has 0 atom stereocenters. The molecule has 3 aromatic rings. The highest BCUT2D eigenvalue weighted by atomic mass is 16.6. The minimum atomic E-state index is -0.608. The molecule has 13 nitrogen and oxygen atoms in total. The maximum absolute atomic E-state index is 13.1. The van der Waals surface area contributed by atoms with Crippen molar-refractivity contribution in [2.75, 3.05) is 56.5 Å². The highest BCUT2D eigenvalue weighted by Crippen LogP contribution is 2.27. The molecular weight excluding hydrogens is 550 g/mol. The number of amides is 2. The van der Waals surface area contributed by atoms with E-state index in [1.807, 2.05) is 13.1 Å². The van der Waals surface area contributed by atoms with E-state index in [1.54, 1.807) is 29.3 Å². The number of benzene rings is 1. The Labute approximate surface area is 249 Å². The van der Waals surface area contributed by atoms with Gasteiger partial charge in [0, 0.05) is 75.9 Å². The van der Waals surface area contributed by atoms with Gasteiger partial charge in [-0.05, 0) is 49.7 Å². The molecule has 0 radical (unpaired) electrons. The van der Waals surface area contributed by atoms with Gasteiger partial charge in [0.2, 0.25) is 0 Å². The maximum Gasteiger partial charge on any atom is 0.282 e. The summed E-state index contributed by atoms with van der Waals surface area (Å²) in [7, 11) is 1.98. The van der Waals surface area contributed by atoms with E-state index in [0.29, 0.717) is 48.7 Å². The number of nitro groups is 1. The summed E-state index contributed by atoms with van der Waals surface area (Å²) in [5.74, 6) is -0.141. The summed E-state index contributed by atoms with van der Waals surface area (Å²) in [5, 5.41) is 24.4. The zero-order chi connectivity index (χ0) is 30.5. The van der Waals surface area contributed by atoms with Gasteiger partial charge in [0.1, 0.15) is 17.5 Å². The molecule has 2 aliphatic heterocycles. The number of anilines is 2. The number of piperazine rings is 1. The standard InChI is InChI=1S/C30H33N9O4/c1-36-10-12-38(13-11-36)30(41)24-4-2-20(15-27(24)39(42)43)14-23-16-26(25(19-33-23)29(32)40)35-22-6-8-37(9-7-22)28-5-3-21(17-31)18-34-28/h2-5,15-16,18-19,22H,6-14H2,1H3,(H2,32,40)(H,33,35). The van der Waals surface area contributed by atoms with Gasteiger partial charge >= 0.3 is 0 Å². The molecular formula is C30H33N9O4. The number of carbonyl (C=O) groups is 2. The lowest BCUT2D eigenvalue weighted by molar-refractivity contribution is -0.385. The van der Waals surface area contributed by atoms with Crippen molar-refractivity contribution < 1.29 is 14.5 Å². The Morgan fingerprint density at radius 3 is 2.42 bits per heavy atom. The minimum absolute atomic E-state index is 0.0697. The van der Waals surface area contributed by atoms with E-state index in [1.165, 1.54) is 18.3 Å². The molecule has 0 bridgehead atoms. The molecule has 0 saturated carbocycles. The second-order valence-corrected chi connectivity index (χ2v) is 10.9. The van der Waals surface area contributed by atoms with Crippen LogP contribution in [0.2, 0.25) is 0 Å². The van der Waals surface area contributed by atoms with Crippen LogP contribution >= 0.6 is 0 Å². The summed E-state index contributed by atoms with van der Waals surface area (Å²) in [6, 6.07) is 12.1. The topological polar surface area (TPSA) is 175 Å². The fourth-order valence-corrected chi connectivity index (χ4v) is 5.43. The zero-order valence-corrected chi connectivity index (χ0v) is 23.9. The summed E-state index contributed by atoms with van der Waals surface area (Å²) in [5.41, 5.74) is 8.02. The van der Waals surface area contributed by atoms with Gasteiger partial charge in [-0.15, -0.1) is 0 Å². The summed E-state index contributed by atoms with van der Waals surface area (Å²) in [4.78, 5) is 51.4. The molecule has 0 aliphatic carbocycles. The van der Waals surface area contributed by atoms with Gasteiger partial charge < -0.3 is 25.8 Å². The first-order chi connectivity index (χ1) is 20.7. The highest BCUT2D eigenvalue weighted by molar-refractivity contribution is 5.99. The summed E-state index contributed by atoms with van der Waals surface area (Å²) in [6.45, 7) is 3.95. The van der Waals surface area contributed by atoms with Crippen molar-refractivity contribution in [1.29, 1.82) is 5.26 Å². The van der Waals surface area contributed by atoms with Crippen LogP contribution in [0.1, 0.15) is 50.4 Å². The zero-order valence-electron chi connectivity index (χ0n) is 23.9. The Morgan fingerprint density at radius 2 is 1.79 bits per heavy atom. The van der Waals surface area contributed by atoms with E-state index >= 15 is 0 Å². The smallest absolute Gasteiger partial charge is 0.282 e. The number of hydrogen-bond donors (Lipinski definition) is 2. The van der Waals surface area contributed by atoms with E-state index in [9.17, 15) is 19.7 Å². The monoisotopic (exact) mass is 583 g/mol. The fraction of sp³-hybridized carbons (Fsp3) is 0.367. The number of nitrogens with zero attached hydrogens (tertiary/aromatic N) is 7. The number of hydrogen-bond acceptors (Lipinski definition) is 10. The first-order valence-corrected chi connectivity index (χ1v) is 14.1. The Hall–Kier alpha value is -5.09. The van der Waals surface area contributed by atoms with Gasteiger partial charge in [-0.3, -0.25) is 24.7 Å². The number of carbonyl (C=O) groups excluding carboxylic acids is 2. The second kappa shape index (κ2) is 12.8. The number of likely N-dealkylation sites (N-methyl/N-ethyl adjacent to an activating group) is 1. The van der Waals surface area contributed by atoms with Crippen LogP contribution < -0.4 is 16.0 Å². The normalized spacial score (nSPS) is 16.0. The van der Waals surface area contributed by atoms with Crippen molar-refractivity contribution in [3.63, 3.8) is 0 Å². The van der Waals surface area contributed by atoms with Crippen LogP contribution in [0.25, 0.3) is 0 Å². The maximum atomic E-state index is 13.1. The van der Waals surface area contributed by atoms with Crippen LogP contribution in [0.3, 0.4) is 0 Å². The first kappa shape index (κ1) is 29.4. The van der Waals surface area contributed by atoms with Gasteiger partial charge in [-0.1, -0.05) is 6.07 Å². The molecule has 2 saturated heterocycles. The lowest BCUT2D eigenvalue weighted by atomic mass is 10.0. The lowest BCUT2D eigenvalue weighted by Gasteiger charge is -2.34. The Kier molecular flexibility index (Phi) is 8.77. The number of primary amides is 1. The van der Waals surface area contributed by atoms with Crippen LogP contribution in [0.4, 0.5) is 17.2 Å². The van der Waals surface area contributed by atoms with Gasteiger partial charge in [0.05, 0.1) is 21.7 Å². The average molecular weight is 584 g/mol. The Morgan fingerprint density at radius 1 is 1.05 bits per heavy atom. The van der Waals surface area contributed by atoms with Gasteiger partial charge in [0.15, 0.2) is 0 Å². The fourth-order valence-electron chi connectivity index (χ4n) is 5.43. The number of nitro benzene ring substituents is 1. The Balaban J connectivity index is 1.29. The van der Waals surface area contributed by atoms with Crippen molar-refractivity contribution in [2.45, 2.75) is 25.3 Å². The molecule has 2 aromatic heterocycles. The second-order valence-electron chi connectivity index (χ2n) is 10.9. The van der Waals surface area contributed by atoms with Crippen molar-refractivity contribution >= 4 is 29.0 Å². The van der Waals surface area contributed by atoms with Gasteiger partial charge in [-0.2, -0.15) is 5.26 Å². The molecule has 3 N–H and O–H groups in total. The van der Waals surface area contributed by atoms with Crippen LogP contribution in [0, 0.1) is 21.4 Å². The third-order valence-electron chi connectivity index (χ3n) is 7.95. The van der Waals surface area contributed by atoms with E-state index in [-0.39, 0.29) is 35.2 Å². The van der Waals surface area contributed by atoms with Crippen LogP contribution in [-0.2, 0) is 6.42 Å². The molecule has 4 heterocycles. The Bertz CT molecular complexity index is 1550. The third kappa shape index (κ3) is 6.87. The quantitative estimate of drug-likeness (QED) is 0.296. The van der Waals surface area contributed by atoms with E-state index < -0.39 is 10.8 Å². The molecule has 13 heteroatoms. The van der Waals surface area contributed by atoms with E-state index in [0.717, 1.165) is 31.7 Å². The summed E-state index contributed by atoms with van der Waals surface area (Å²) >= 11 is 0. The van der Waals surface area contributed by atoms with Crippen LogP contribution in [-0.4, -0.2) is 88.9 Å². The van der Waals surface area contributed by atoms with Crippen molar-refractivity contribution in [1.82, 2.24) is 19.8 Å². The predicted molar refractivity (Wildman–Crippen MR) is 160 cm³/mol. The number of nitrogens with one attached hydrogen (secondary N) is 1. The highest BCUT2D eigenvalue weighted by Gasteiger charge is 2.27. The molecule has 2 aliphatic rings. The molecule has 222 valence electrons. The lowest BCUT2D eigenvalue weighted by Crippen LogP contribution is -2.47. The molecule has 2 fully saturated rings. The van der Waals surface area contributed by atoms with Gasteiger partial charge in [0.25, 0.3) is 17.5 Å².